The molecule has 0 saturated heterocycles. The fraction of sp³-hybridized carbons (Fsp3) is 0.269. The highest BCUT2D eigenvalue weighted by molar-refractivity contribution is 8.16. The largest absolute Gasteiger partial charge is 0.466 e. The van der Waals surface area contributed by atoms with Crippen molar-refractivity contribution in [1.29, 1.82) is 0 Å². The van der Waals surface area contributed by atoms with E-state index < -0.39 is 12.0 Å². The Morgan fingerprint density at radius 1 is 1.21 bits per heavy atom. The number of rotatable bonds is 7. The molecule has 0 saturated carbocycles. The third-order valence-corrected chi connectivity index (χ3v) is 6.62. The van der Waals surface area contributed by atoms with Crippen LogP contribution in [-0.2, 0) is 20.9 Å². The molecule has 2 aliphatic rings. The Bertz CT molecular complexity index is 1200. The molecule has 0 aliphatic carbocycles. The number of aryl methyl sites for hydroxylation is 1. The summed E-state index contributed by atoms with van der Waals surface area (Å²) in [5.41, 5.74) is 4.73. The van der Waals surface area contributed by atoms with Gasteiger partial charge in [-0.2, -0.15) is 0 Å². The number of nitrogens with one attached hydrogen (secondary N) is 1. The van der Waals surface area contributed by atoms with Crippen molar-refractivity contribution in [3.8, 4) is 0 Å². The Balaban J connectivity index is 1.61. The SMILES string of the molecule is CCC1=C(C(=O)OC)[C@H](c2cccc(C)c2)N2C(CC(=O)NCc3ccc(F)cc3)=CSC2=N1. The molecule has 1 N–H and O–H groups in total. The van der Waals surface area contributed by atoms with E-state index in [0.717, 1.165) is 27.6 Å². The number of methoxy groups -OCH3 is 1. The van der Waals surface area contributed by atoms with E-state index in [2.05, 4.69) is 5.32 Å². The molecule has 0 fully saturated rings. The molecule has 2 aliphatic heterocycles. The second-order valence-corrected chi connectivity index (χ2v) is 8.93. The van der Waals surface area contributed by atoms with Crippen molar-refractivity contribution < 1.29 is 18.7 Å². The zero-order valence-electron chi connectivity index (χ0n) is 19.3. The number of nitrogens with zero attached hydrogens (tertiary/aromatic N) is 2. The Labute approximate surface area is 202 Å². The molecule has 2 heterocycles. The number of aliphatic imine (C=N–C) groups is 1. The summed E-state index contributed by atoms with van der Waals surface area (Å²) in [7, 11) is 1.37. The first-order valence-corrected chi connectivity index (χ1v) is 11.9. The third-order valence-electron chi connectivity index (χ3n) is 5.73. The molecule has 6 nitrogen and oxygen atoms in total. The van der Waals surface area contributed by atoms with Gasteiger partial charge < -0.3 is 15.0 Å². The van der Waals surface area contributed by atoms with Crippen LogP contribution in [0.25, 0.3) is 0 Å². The standard InChI is InChI=1S/C26H26FN3O3S/c1-4-21-23(25(32)33-3)24(18-7-5-6-16(2)12-18)30-20(15-34-26(30)29-21)13-22(31)28-14-17-8-10-19(27)11-9-17/h5-12,15,24H,4,13-14H2,1-3H3,(H,28,31)/t24-/m0/s1. The van der Waals surface area contributed by atoms with Crippen molar-refractivity contribution in [2.75, 3.05) is 7.11 Å². The molecule has 0 bridgehead atoms. The topological polar surface area (TPSA) is 71.0 Å². The first-order chi connectivity index (χ1) is 16.4. The number of thioether (sulfide) groups is 1. The number of benzene rings is 2. The number of carbonyl (C=O) groups is 2. The van der Waals surface area contributed by atoms with Crippen LogP contribution >= 0.6 is 11.8 Å². The minimum Gasteiger partial charge on any atom is -0.466 e. The number of ether oxygens (including phenoxy) is 1. The van der Waals surface area contributed by atoms with Gasteiger partial charge in [-0.1, -0.05) is 60.6 Å². The van der Waals surface area contributed by atoms with Crippen molar-refractivity contribution in [2.45, 2.75) is 39.3 Å². The molecule has 1 amide bonds. The van der Waals surface area contributed by atoms with Crippen LogP contribution in [0.3, 0.4) is 0 Å². The highest BCUT2D eigenvalue weighted by Crippen LogP contribution is 2.45. The molecular weight excluding hydrogens is 453 g/mol. The molecule has 8 heteroatoms. The van der Waals surface area contributed by atoms with E-state index in [4.69, 9.17) is 9.73 Å². The number of esters is 1. The molecule has 0 radical (unpaired) electrons. The summed E-state index contributed by atoms with van der Waals surface area (Å²) in [4.78, 5) is 32.4. The highest BCUT2D eigenvalue weighted by atomic mass is 32.2. The lowest BCUT2D eigenvalue weighted by atomic mass is 9.92. The normalized spacial score (nSPS) is 17.2. The van der Waals surface area contributed by atoms with Crippen molar-refractivity contribution in [2.24, 2.45) is 4.99 Å². The van der Waals surface area contributed by atoms with Crippen molar-refractivity contribution in [3.05, 3.63) is 93.4 Å². The highest BCUT2D eigenvalue weighted by Gasteiger charge is 2.41. The Kier molecular flexibility index (Phi) is 7.17. The number of halogens is 1. The lowest BCUT2D eigenvalue weighted by molar-refractivity contribution is -0.136. The molecule has 0 spiro atoms. The average Bonchev–Trinajstić information content (AvgIpc) is 3.24. The van der Waals surface area contributed by atoms with Crippen LogP contribution in [0.2, 0.25) is 0 Å². The molecule has 0 aromatic heterocycles. The molecule has 2 aromatic rings. The fourth-order valence-corrected chi connectivity index (χ4v) is 5.04. The van der Waals surface area contributed by atoms with E-state index in [1.165, 1.54) is 31.0 Å². The second-order valence-electron chi connectivity index (χ2n) is 8.09. The minimum atomic E-state index is -0.444. The smallest absolute Gasteiger partial charge is 0.338 e. The van der Waals surface area contributed by atoms with E-state index in [1.807, 2.05) is 48.4 Å². The predicted molar refractivity (Wildman–Crippen MR) is 131 cm³/mol. The zero-order valence-corrected chi connectivity index (χ0v) is 20.1. The number of fused-ring (bicyclic) bond motifs is 1. The summed E-state index contributed by atoms with van der Waals surface area (Å²) in [6.07, 6.45) is 0.698. The quantitative estimate of drug-likeness (QED) is 0.568. The van der Waals surface area contributed by atoms with E-state index in [1.54, 1.807) is 12.1 Å². The number of hydrogen-bond acceptors (Lipinski definition) is 6. The van der Waals surface area contributed by atoms with Crippen molar-refractivity contribution in [3.63, 3.8) is 0 Å². The van der Waals surface area contributed by atoms with Gasteiger partial charge >= 0.3 is 5.97 Å². The van der Waals surface area contributed by atoms with Crippen LogP contribution in [0.15, 0.2) is 75.9 Å². The number of hydrogen-bond donors (Lipinski definition) is 1. The van der Waals surface area contributed by atoms with Gasteiger partial charge in [-0.25, -0.2) is 14.2 Å². The first-order valence-electron chi connectivity index (χ1n) is 11.0. The summed E-state index contributed by atoms with van der Waals surface area (Å²) in [6, 6.07) is 13.6. The lowest BCUT2D eigenvalue weighted by Gasteiger charge is -2.36. The van der Waals surface area contributed by atoms with Crippen LogP contribution in [0.1, 0.15) is 42.5 Å². The maximum absolute atomic E-state index is 13.1. The average molecular weight is 480 g/mol. The molecular formula is C26H26FN3O3S. The second kappa shape index (κ2) is 10.3. The predicted octanol–water partition coefficient (Wildman–Crippen LogP) is 4.98. The summed E-state index contributed by atoms with van der Waals surface area (Å²) < 4.78 is 18.3. The van der Waals surface area contributed by atoms with Gasteiger partial charge in [0, 0.05) is 12.2 Å². The van der Waals surface area contributed by atoms with Gasteiger partial charge in [0.25, 0.3) is 0 Å². The number of allylic oxidation sites excluding steroid dienone is 1. The summed E-state index contributed by atoms with van der Waals surface area (Å²) >= 11 is 1.44. The lowest BCUT2D eigenvalue weighted by Crippen LogP contribution is -2.38. The van der Waals surface area contributed by atoms with E-state index in [0.29, 0.717) is 24.2 Å². The maximum Gasteiger partial charge on any atom is 0.338 e. The van der Waals surface area contributed by atoms with E-state index in [9.17, 15) is 14.0 Å². The number of amides is 1. The molecule has 4 rings (SSSR count). The third kappa shape index (κ3) is 4.92. The summed E-state index contributed by atoms with van der Waals surface area (Å²) in [5.74, 6) is -0.920. The van der Waals surface area contributed by atoms with Crippen LogP contribution in [0.5, 0.6) is 0 Å². The van der Waals surface area contributed by atoms with Gasteiger partial charge in [-0.15, -0.1) is 0 Å². The summed E-state index contributed by atoms with van der Waals surface area (Å²) in [6.45, 7) is 4.26. The van der Waals surface area contributed by atoms with E-state index >= 15 is 0 Å². The van der Waals surface area contributed by atoms with Crippen molar-refractivity contribution >= 4 is 28.8 Å². The van der Waals surface area contributed by atoms with Gasteiger partial charge in [0.2, 0.25) is 5.91 Å². The van der Waals surface area contributed by atoms with E-state index in [-0.39, 0.29) is 18.1 Å². The van der Waals surface area contributed by atoms with Crippen LogP contribution in [0, 0.1) is 12.7 Å². The van der Waals surface area contributed by atoms with Gasteiger partial charge in [0.1, 0.15) is 5.82 Å². The monoisotopic (exact) mass is 479 g/mol. The van der Waals surface area contributed by atoms with Gasteiger partial charge in [0.05, 0.1) is 30.8 Å². The molecule has 0 unspecified atom stereocenters. The van der Waals surface area contributed by atoms with Crippen LogP contribution in [-0.4, -0.2) is 29.1 Å². The molecule has 176 valence electrons. The molecule has 2 aromatic carbocycles. The van der Waals surface area contributed by atoms with Gasteiger partial charge in [-0.3, -0.25) is 4.79 Å². The van der Waals surface area contributed by atoms with Crippen LogP contribution < -0.4 is 5.32 Å². The number of carbonyl (C=O) groups excluding carboxylic acids is 2. The summed E-state index contributed by atoms with van der Waals surface area (Å²) in [5, 5.41) is 5.53. The Hall–Kier alpha value is -3.39. The van der Waals surface area contributed by atoms with Crippen LogP contribution in [0.4, 0.5) is 4.39 Å². The zero-order chi connectivity index (χ0) is 24.2. The van der Waals surface area contributed by atoms with Gasteiger partial charge in [-0.05, 0) is 42.0 Å². The minimum absolute atomic E-state index is 0.117. The molecule has 1 atom stereocenters. The molecule has 34 heavy (non-hydrogen) atoms. The fourth-order valence-electron chi connectivity index (χ4n) is 4.10. The van der Waals surface area contributed by atoms with Gasteiger partial charge in [0.15, 0.2) is 5.17 Å². The van der Waals surface area contributed by atoms with Crippen molar-refractivity contribution in [1.82, 2.24) is 10.2 Å². The maximum atomic E-state index is 13.1. The Morgan fingerprint density at radius 2 is 1.97 bits per heavy atom. The Morgan fingerprint density at radius 3 is 2.65 bits per heavy atom. The number of amidine groups is 1. The first kappa shape index (κ1) is 23.8.